The van der Waals surface area contributed by atoms with Crippen LogP contribution in [-0.4, -0.2) is 23.0 Å². The fourth-order valence-corrected chi connectivity index (χ4v) is 4.13. The molecule has 2 aliphatic rings. The number of rotatable bonds is 3. The van der Waals surface area contributed by atoms with Gasteiger partial charge in [0.15, 0.2) is 0 Å². The van der Waals surface area contributed by atoms with Gasteiger partial charge in [0.2, 0.25) is 0 Å². The summed E-state index contributed by atoms with van der Waals surface area (Å²) in [5.41, 5.74) is 1.34. The van der Waals surface area contributed by atoms with Crippen molar-refractivity contribution in [3.05, 3.63) is 21.4 Å². The molecule has 1 fully saturated rings. The third-order valence-electron chi connectivity index (χ3n) is 4.29. The average Bonchev–Trinajstić information content (AvgIpc) is 2.64. The zero-order chi connectivity index (χ0) is 14.1. The second-order valence-electron chi connectivity index (χ2n) is 5.80. The molecule has 2 N–H and O–H groups in total. The normalized spacial score (nSPS) is 25.2. The monoisotopic (exact) mass is 293 g/mol. The van der Waals surface area contributed by atoms with Crippen LogP contribution >= 0.6 is 11.3 Å². The Kier molecular flexibility index (Phi) is 3.78. The standard InChI is InChI=1S/C15H19NO3S/c17-14(16-11-6-10(7-11)15(18)19)13-8-9-4-2-1-3-5-12(9)20-13/h8,10-11H,1-7H2,(H,16,17)(H,18,19). The van der Waals surface area contributed by atoms with Crippen molar-refractivity contribution >= 4 is 23.2 Å². The van der Waals surface area contributed by atoms with Crippen molar-refractivity contribution < 1.29 is 14.7 Å². The number of hydrogen-bond acceptors (Lipinski definition) is 3. The molecule has 0 aromatic carbocycles. The van der Waals surface area contributed by atoms with Crippen molar-refractivity contribution in [1.29, 1.82) is 0 Å². The van der Waals surface area contributed by atoms with Gasteiger partial charge in [0.1, 0.15) is 0 Å². The highest BCUT2D eigenvalue weighted by molar-refractivity contribution is 7.14. The zero-order valence-corrected chi connectivity index (χ0v) is 12.2. The molecular weight excluding hydrogens is 274 g/mol. The summed E-state index contributed by atoms with van der Waals surface area (Å²) in [5.74, 6) is -1.06. The summed E-state index contributed by atoms with van der Waals surface area (Å²) in [6, 6.07) is 2.07. The molecule has 5 heteroatoms. The Morgan fingerprint density at radius 2 is 1.95 bits per heavy atom. The minimum atomic E-state index is -0.752. The van der Waals surface area contributed by atoms with Crippen LogP contribution in [0.25, 0.3) is 0 Å². The number of aliphatic carboxylic acids is 1. The van der Waals surface area contributed by atoms with Gasteiger partial charge >= 0.3 is 5.97 Å². The Balaban J connectivity index is 1.59. The molecule has 1 aromatic heterocycles. The molecule has 2 aliphatic carbocycles. The van der Waals surface area contributed by atoms with Crippen molar-refractivity contribution in [2.24, 2.45) is 5.92 Å². The molecule has 0 saturated heterocycles. The van der Waals surface area contributed by atoms with Gasteiger partial charge in [0.25, 0.3) is 5.91 Å². The maximum absolute atomic E-state index is 12.2. The van der Waals surface area contributed by atoms with Gasteiger partial charge in [-0.15, -0.1) is 11.3 Å². The van der Waals surface area contributed by atoms with E-state index in [2.05, 4.69) is 5.32 Å². The second kappa shape index (κ2) is 5.56. The quantitative estimate of drug-likeness (QED) is 0.842. The van der Waals surface area contributed by atoms with E-state index in [9.17, 15) is 9.59 Å². The summed E-state index contributed by atoms with van der Waals surface area (Å²) in [7, 11) is 0. The predicted octanol–water partition coefficient (Wildman–Crippen LogP) is 2.61. The molecule has 1 aromatic rings. The van der Waals surface area contributed by atoms with Crippen LogP contribution in [0, 0.1) is 5.92 Å². The third-order valence-corrected chi connectivity index (χ3v) is 5.53. The number of amides is 1. The molecule has 3 rings (SSSR count). The van der Waals surface area contributed by atoms with Crippen molar-refractivity contribution in [3.63, 3.8) is 0 Å². The molecule has 1 saturated carbocycles. The molecule has 0 aliphatic heterocycles. The smallest absolute Gasteiger partial charge is 0.306 e. The molecule has 1 heterocycles. The maximum atomic E-state index is 12.2. The van der Waals surface area contributed by atoms with Gasteiger partial charge in [-0.2, -0.15) is 0 Å². The van der Waals surface area contributed by atoms with Gasteiger partial charge in [-0.3, -0.25) is 9.59 Å². The van der Waals surface area contributed by atoms with Crippen molar-refractivity contribution in [2.75, 3.05) is 0 Å². The van der Waals surface area contributed by atoms with E-state index < -0.39 is 5.97 Å². The van der Waals surface area contributed by atoms with E-state index in [4.69, 9.17) is 5.11 Å². The van der Waals surface area contributed by atoms with Crippen LogP contribution in [0.5, 0.6) is 0 Å². The van der Waals surface area contributed by atoms with E-state index in [0.717, 1.165) is 17.7 Å². The number of carboxylic acids is 1. The van der Waals surface area contributed by atoms with Gasteiger partial charge in [-0.25, -0.2) is 0 Å². The summed E-state index contributed by atoms with van der Waals surface area (Å²) < 4.78 is 0. The first-order valence-corrected chi connectivity index (χ1v) is 8.10. The van der Waals surface area contributed by atoms with E-state index in [-0.39, 0.29) is 17.9 Å². The van der Waals surface area contributed by atoms with E-state index >= 15 is 0 Å². The third kappa shape index (κ3) is 2.73. The van der Waals surface area contributed by atoms with Gasteiger partial charge in [-0.05, 0) is 50.2 Å². The number of nitrogens with one attached hydrogen (secondary N) is 1. The van der Waals surface area contributed by atoms with Gasteiger partial charge in [0, 0.05) is 10.9 Å². The van der Waals surface area contributed by atoms with E-state index in [0.29, 0.717) is 12.8 Å². The first-order chi connectivity index (χ1) is 9.63. The lowest BCUT2D eigenvalue weighted by Crippen LogP contribution is -2.46. The van der Waals surface area contributed by atoms with Crippen LogP contribution in [-0.2, 0) is 17.6 Å². The fraction of sp³-hybridized carbons (Fsp3) is 0.600. The topological polar surface area (TPSA) is 66.4 Å². The van der Waals surface area contributed by atoms with Crippen LogP contribution < -0.4 is 5.32 Å². The SMILES string of the molecule is O=C(NC1CC(C(=O)O)C1)c1cc2c(s1)CCCCC2. The fourth-order valence-electron chi connectivity index (χ4n) is 2.97. The highest BCUT2D eigenvalue weighted by Crippen LogP contribution is 2.31. The lowest BCUT2D eigenvalue weighted by Gasteiger charge is -2.32. The second-order valence-corrected chi connectivity index (χ2v) is 6.93. The van der Waals surface area contributed by atoms with Gasteiger partial charge < -0.3 is 10.4 Å². The summed E-state index contributed by atoms with van der Waals surface area (Å²) >= 11 is 1.61. The molecule has 108 valence electrons. The highest BCUT2D eigenvalue weighted by Gasteiger charge is 2.35. The van der Waals surface area contributed by atoms with Crippen LogP contribution in [0.4, 0.5) is 0 Å². The van der Waals surface area contributed by atoms with Crippen molar-refractivity contribution in [3.8, 4) is 0 Å². The Bertz CT molecular complexity index is 508. The van der Waals surface area contributed by atoms with E-state index in [1.807, 2.05) is 6.07 Å². The van der Waals surface area contributed by atoms with Crippen molar-refractivity contribution in [1.82, 2.24) is 5.32 Å². The van der Waals surface area contributed by atoms with Gasteiger partial charge in [0.05, 0.1) is 10.8 Å². The number of aryl methyl sites for hydroxylation is 2. The average molecular weight is 293 g/mol. The molecule has 20 heavy (non-hydrogen) atoms. The van der Waals surface area contributed by atoms with Crippen LogP contribution in [0.2, 0.25) is 0 Å². The molecular formula is C15H19NO3S. The summed E-state index contributed by atoms with van der Waals surface area (Å²) in [6.07, 6.45) is 7.02. The highest BCUT2D eigenvalue weighted by atomic mass is 32.1. The number of fused-ring (bicyclic) bond motifs is 1. The summed E-state index contributed by atoms with van der Waals surface area (Å²) in [4.78, 5) is 25.1. The largest absolute Gasteiger partial charge is 0.481 e. The minimum Gasteiger partial charge on any atom is -0.481 e. The Morgan fingerprint density at radius 3 is 2.70 bits per heavy atom. The molecule has 4 nitrogen and oxygen atoms in total. The van der Waals surface area contributed by atoms with Gasteiger partial charge in [-0.1, -0.05) is 6.42 Å². The van der Waals surface area contributed by atoms with Crippen LogP contribution in [0.3, 0.4) is 0 Å². The first kappa shape index (κ1) is 13.6. The van der Waals surface area contributed by atoms with Crippen LogP contribution in [0.15, 0.2) is 6.07 Å². The summed E-state index contributed by atoms with van der Waals surface area (Å²) in [6.45, 7) is 0. The Morgan fingerprint density at radius 1 is 1.20 bits per heavy atom. The van der Waals surface area contributed by atoms with Crippen molar-refractivity contribution in [2.45, 2.75) is 51.0 Å². The number of hydrogen-bond donors (Lipinski definition) is 2. The first-order valence-electron chi connectivity index (χ1n) is 7.28. The Labute approximate surface area is 122 Å². The van der Waals surface area contributed by atoms with E-state index in [1.54, 1.807) is 11.3 Å². The molecule has 0 bridgehead atoms. The lowest BCUT2D eigenvalue weighted by molar-refractivity contribution is -0.145. The molecule has 0 unspecified atom stereocenters. The van der Waals surface area contributed by atoms with E-state index in [1.165, 1.54) is 29.7 Å². The number of carbonyl (C=O) groups is 2. The number of carboxylic acid groups (broad SMARTS) is 1. The lowest BCUT2D eigenvalue weighted by atomic mass is 9.80. The Hall–Kier alpha value is -1.36. The molecule has 0 radical (unpaired) electrons. The molecule has 0 spiro atoms. The maximum Gasteiger partial charge on any atom is 0.306 e. The molecule has 0 atom stereocenters. The number of thiophene rings is 1. The zero-order valence-electron chi connectivity index (χ0n) is 11.4. The predicted molar refractivity (Wildman–Crippen MR) is 77.2 cm³/mol. The molecule has 1 amide bonds. The minimum absolute atomic E-state index is 0.0306. The summed E-state index contributed by atoms with van der Waals surface area (Å²) in [5, 5.41) is 11.8. The number of carbonyl (C=O) groups excluding carboxylic acids is 1. The van der Waals surface area contributed by atoms with Crippen LogP contribution in [0.1, 0.15) is 52.2 Å².